The van der Waals surface area contributed by atoms with Crippen LogP contribution in [-0.4, -0.2) is 43.7 Å². The summed E-state index contributed by atoms with van der Waals surface area (Å²) in [7, 11) is 0. The third kappa shape index (κ3) is 5.82. The highest BCUT2D eigenvalue weighted by Gasteiger charge is 2.51. The second-order valence-electron chi connectivity index (χ2n) is 12.8. The van der Waals surface area contributed by atoms with Gasteiger partial charge in [-0.05, 0) is 79.5 Å². The van der Waals surface area contributed by atoms with Crippen molar-refractivity contribution in [3.05, 3.63) is 71.5 Å². The van der Waals surface area contributed by atoms with E-state index in [1.165, 1.54) is 25.6 Å². The number of aliphatic hydroxyl groups is 1. The van der Waals surface area contributed by atoms with E-state index in [4.69, 9.17) is 9.47 Å². The van der Waals surface area contributed by atoms with Gasteiger partial charge >= 0.3 is 6.03 Å². The standard InChI is InChI=1S/C32H39N5O4S/c1-19-27(17-42-31-33-18-34-37-31)40-29(41-28(19)24-7-5-20(16-38)6-8-24)25-3-2-4-26(12-25)35-30(39)36-32-13-21-9-22(14-32)11-23(10-21)15-32/h2-8,12,18-19,21-23,27-29,38H,9-11,13-17H2,1H3,(H,33,34,37)(H2,35,36,39)/t19-,21?,22?,23?,27+,28+,29+,32?/m1/s1. The summed E-state index contributed by atoms with van der Waals surface area (Å²) in [5, 5.41) is 23.6. The van der Waals surface area contributed by atoms with Gasteiger partial charge in [-0.2, -0.15) is 5.10 Å². The predicted octanol–water partition coefficient (Wildman–Crippen LogP) is 5.97. The van der Waals surface area contributed by atoms with E-state index in [9.17, 15) is 9.90 Å². The monoisotopic (exact) mass is 589 g/mol. The summed E-state index contributed by atoms with van der Waals surface area (Å²) in [5.41, 5.74) is 3.41. The Labute approximate surface area is 250 Å². The first kappa shape index (κ1) is 27.9. The number of rotatable bonds is 8. The zero-order chi connectivity index (χ0) is 28.7. The Morgan fingerprint density at radius 2 is 1.79 bits per heavy atom. The summed E-state index contributed by atoms with van der Waals surface area (Å²) in [6, 6.07) is 15.5. The van der Waals surface area contributed by atoms with Crippen LogP contribution < -0.4 is 10.6 Å². The lowest BCUT2D eigenvalue weighted by molar-refractivity contribution is -0.268. The number of H-pyrrole nitrogens is 1. The van der Waals surface area contributed by atoms with E-state index in [2.05, 4.69) is 32.7 Å². The number of carbonyl (C=O) groups excluding carboxylic acids is 1. The van der Waals surface area contributed by atoms with Gasteiger partial charge in [0.15, 0.2) is 11.4 Å². The highest BCUT2D eigenvalue weighted by molar-refractivity contribution is 7.99. The normalized spacial score (nSPS) is 33.4. The fourth-order valence-electron chi connectivity index (χ4n) is 8.16. The molecule has 42 heavy (non-hydrogen) atoms. The van der Waals surface area contributed by atoms with Crippen molar-refractivity contribution in [2.75, 3.05) is 11.1 Å². The molecule has 1 saturated heterocycles. The average Bonchev–Trinajstić information content (AvgIpc) is 3.50. The van der Waals surface area contributed by atoms with Crippen molar-refractivity contribution in [2.24, 2.45) is 23.7 Å². The first-order valence-corrected chi connectivity index (χ1v) is 16.1. The summed E-state index contributed by atoms with van der Waals surface area (Å²) >= 11 is 1.57. The van der Waals surface area contributed by atoms with Crippen molar-refractivity contribution in [1.29, 1.82) is 0 Å². The number of anilines is 1. The third-order valence-corrected chi connectivity index (χ3v) is 10.7. The summed E-state index contributed by atoms with van der Waals surface area (Å²) < 4.78 is 13.2. The molecule has 10 heteroatoms. The van der Waals surface area contributed by atoms with Crippen molar-refractivity contribution in [2.45, 2.75) is 81.2 Å². The van der Waals surface area contributed by atoms with Gasteiger partial charge in [0.1, 0.15) is 6.33 Å². The third-order valence-electron chi connectivity index (χ3n) is 9.73. The number of hydrogen-bond donors (Lipinski definition) is 4. The first-order chi connectivity index (χ1) is 20.4. The number of thioether (sulfide) groups is 1. The number of urea groups is 1. The molecule has 3 aromatic rings. The largest absolute Gasteiger partial charge is 0.392 e. The fourth-order valence-corrected chi connectivity index (χ4v) is 9.11. The number of nitrogens with one attached hydrogen (secondary N) is 3. The van der Waals surface area contributed by atoms with E-state index in [1.807, 2.05) is 48.5 Å². The van der Waals surface area contributed by atoms with Crippen LogP contribution in [0.25, 0.3) is 0 Å². The Kier molecular flexibility index (Phi) is 7.73. The van der Waals surface area contributed by atoms with Crippen molar-refractivity contribution in [3.63, 3.8) is 0 Å². The van der Waals surface area contributed by atoms with E-state index in [0.717, 1.165) is 64.6 Å². The number of benzene rings is 2. The zero-order valence-corrected chi connectivity index (χ0v) is 24.7. The van der Waals surface area contributed by atoms with Gasteiger partial charge in [0.05, 0.1) is 18.8 Å². The summed E-state index contributed by atoms with van der Waals surface area (Å²) in [4.78, 5) is 17.5. The van der Waals surface area contributed by atoms with Crippen LogP contribution in [0.15, 0.2) is 60.0 Å². The van der Waals surface area contributed by atoms with Gasteiger partial charge in [-0.15, -0.1) is 0 Å². The Balaban J connectivity index is 1.07. The molecule has 0 unspecified atom stereocenters. The van der Waals surface area contributed by atoms with Gasteiger partial charge in [-0.1, -0.05) is 55.1 Å². The molecule has 8 rings (SSSR count). The lowest BCUT2D eigenvalue weighted by atomic mass is 9.53. The molecule has 0 spiro atoms. The number of ether oxygens (including phenoxy) is 2. The van der Waals surface area contributed by atoms with Crippen LogP contribution in [0.1, 0.15) is 74.5 Å². The first-order valence-electron chi connectivity index (χ1n) is 15.1. The van der Waals surface area contributed by atoms with Crippen molar-refractivity contribution < 1.29 is 19.4 Å². The SMILES string of the molecule is C[C@@H]1[C@H](CSc2ncn[nH]2)O[C@H](c2cccc(NC(=O)NC34CC5CC(CC(C5)C3)C4)c2)O[C@@H]1c1ccc(CO)cc1. The number of aromatic amines is 1. The molecule has 5 fully saturated rings. The summed E-state index contributed by atoms with van der Waals surface area (Å²) in [5.74, 6) is 3.04. The van der Waals surface area contributed by atoms with Crippen molar-refractivity contribution >= 4 is 23.5 Å². The molecule has 2 amide bonds. The molecule has 4 aliphatic carbocycles. The number of nitrogens with zero attached hydrogens (tertiary/aromatic N) is 2. The van der Waals surface area contributed by atoms with Gasteiger partial charge in [0.2, 0.25) is 0 Å². The topological polar surface area (TPSA) is 121 Å². The molecule has 5 aliphatic rings. The number of hydrogen-bond acceptors (Lipinski definition) is 7. The lowest BCUT2D eigenvalue weighted by Gasteiger charge is -2.56. The van der Waals surface area contributed by atoms with Crippen LogP contribution in [0.2, 0.25) is 0 Å². The van der Waals surface area contributed by atoms with E-state index in [1.54, 1.807) is 11.8 Å². The van der Waals surface area contributed by atoms with Crippen LogP contribution in [-0.2, 0) is 16.1 Å². The van der Waals surface area contributed by atoms with Gasteiger partial charge in [-0.3, -0.25) is 5.10 Å². The fraction of sp³-hybridized carbons (Fsp3) is 0.531. The molecule has 1 aliphatic heterocycles. The summed E-state index contributed by atoms with van der Waals surface area (Å²) in [6.07, 6.45) is 7.91. The molecule has 9 nitrogen and oxygen atoms in total. The molecule has 2 aromatic carbocycles. The number of aliphatic hydroxyl groups excluding tert-OH is 1. The van der Waals surface area contributed by atoms with E-state index in [0.29, 0.717) is 5.75 Å². The van der Waals surface area contributed by atoms with E-state index < -0.39 is 6.29 Å². The number of amides is 2. The lowest BCUT2D eigenvalue weighted by Crippen LogP contribution is -2.60. The van der Waals surface area contributed by atoms with Crippen molar-refractivity contribution in [1.82, 2.24) is 20.5 Å². The van der Waals surface area contributed by atoms with Crippen LogP contribution in [0.3, 0.4) is 0 Å². The maximum absolute atomic E-state index is 13.2. The molecule has 2 heterocycles. The highest BCUT2D eigenvalue weighted by atomic mass is 32.2. The Morgan fingerprint density at radius 1 is 1.05 bits per heavy atom. The molecule has 4 N–H and O–H groups in total. The molecule has 4 bridgehead atoms. The van der Waals surface area contributed by atoms with Crippen LogP contribution in [0, 0.1) is 23.7 Å². The van der Waals surface area contributed by atoms with Crippen LogP contribution >= 0.6 is 11.8 Å². The molecule has 222 valence electrons. The molecule has 0 radical (unpaired) electrons. The van der Waals surface area contributed by atoms with Gasteiger partial charge in [0.25, 0.3) is 0 Å². The highest BCUT2D eigenvalue weighted by Crippen LogP contribution is 2.55. The van der Waals surface area contributed by atoms with Gasteiger partial charge in [-0.25, -0.2) is 9.78 Å². The smallest absolute Gasteiger partial charge is 0.319 e. The minimum absolute atomic E-state index is 0.000224. The maximum Gasteiger partial charge on any atom is 0.319 e. The van der Waals surface area contributed by atoms with Crippen LogP contribution in [0.5, 0.6) is 0 Å². The molecule has 4 saturated carbocycles. The van der Waals surface area contributed by atoms with Gasteiger partial charge < -0.3 is 25.2 Å². The molecule has 4 atom stereocenters. The minimum atomic E-state index is -0.614. The average molecular weight is 590 g/mol. The van der Waals surface area contributed by atoms with E-state index in [-0.39, 0.29) is 36.3 Å². The summed E-state index contributed by atoms with van der Waals surface area (Å²) in [6.45, 7) is 2.14. The minimum Gasteiger partial charge on any atom is -0.392 e. The molecular formula is C32H39N5O4S. The number of aromatic nitrogens is 3. The Hall–Kier alpha value is -2.92. The molecule has 1 aromatic heterocycles. The maximum atomic E-state index is 13.2. The second-order valence-corrected chi connectivity index (χ2v) is 13.8. The number of carbonyl (C=O) groups is 1. The van der Waals surface area contributed by atoms with Crippen LogP contribution in [0.4, 0.5) is 10.5 Å². The Morgan fingerprint density at radius 3 is 2.45 bits per heavy atom. The van der Waals surface area contributed by atoms with Gasteiger partial charge in [0, 0.05) is 28.5 Å². The molecular weight excluding hydrogens is 550 g/mol. The van der Waals surface area contributed by atoms with E-state index >= 15 is 0 Å². The second kappa shape index (κ2) is 11.6. The quantitative estimate of drug-likeness (QED) is 0.239. The Bertz CT molecular complexity index is 1350. The van der Waals surface area contributed by atoms with Crippen molar-refractivity contribution in [3.8, 4) is 0 Å². The predicted molar refractivity (Wildman–Crippen MR) is 160 cm³/mol. The zero-order valence-electron chi connectivity index (χ0n) is 23.9.